The highest BCUT2D eigenvalue weighted by atomic mass is 16.4. The standard InChI is InChI=1S/C18H31N3O6/c1-5-6-7-8-12(15(22)19-4)10-14(17(24)25)20-16(23)13(9-11(2)3)21-18(26)27/h6-7,11-14,21H,5,8-10H2,1-4H3,(H,19,22)(H,20,23)(H,24,25)(H,26,27)/b7-6+/t12?,13-,14-/m0/s1. The average molecular weight is 385 g/mol. The summed E-state index contributed by atoms with van der Waals surface area (Å²) < 4.78 is 0. The maximum atomic E-state index is 12.4. The summed E-state index contributed by atoms with van der Waals surface area (Å²) >= 11 is 0. The molecule has 0 heterocycles. The molecular weight excluding hydrogens is 354 g/mol. The van der Waals surface area contributed by atoms with Crippen LogP contribution in [-0.4, -0.2) is 53.2 Å². The number of carboxylic acids is 1. The zero-order valence-corrected chi connectivity index (χ0v) is 16.3. The highest BCUT2D eigenvalue weighted by Gasteiger charge is 2.30. The summed E-state index contributed by atoms with van der Waals surface area (Å²) in [5.41, 5.74) is 0. The molecule has 0 bridgehead atoms. The van der Waals surface area contributed by atoms with Crippen LogP contribution < -0.4 is 16.0 Å². The van der Waals surface area contributed by atoms with Gasteiger partial charge in [-0.3, -0.25) is 9.59 Å². The number of allylic oxidation sites excluding steroid dienone is 2. The van der Waals surface area contributed by atoms with E-state index in [1.807, 2.05) is 26.8 Å². The summed E-state index contributed by atoms with van der Waals surface area (Å²) in [5.74, 6) is -2.93. The molecule has 27 heavy (non-hydrogen) atoms. The number of carbonyl (C=O) groups is 4. The molecule has 9 nitrogen and oxygen atoms in total. The van der Waals surface area contributed by atoms with Gasteiger partial charge >= 0.3 is 12.1 Å². The van der Waals surface area contributed by atoms with Gasteiger partial charge in [-0.1, -0.05) is 32.9 Å². The van der Waals surface area contributed by atoms with Gasteiger partial charge in [0.15, 0.2) is 0 Å². The van der Waals surface area contributed by atoms with E-state index in [1.54, 1.807) is 6.08 Å². The van der Waals surface area contributed by atoms with Gasteiger partial charge in [-0.2, -0.15) is 0 Å². The van der Waals surface area contributed by atoms with Crippen molar-refractivity contribution in [2.24, 2.45) is 11.8 Å². The first-order valence-corrected chi connectivity index (χ1v) is 9.01. The Morgan fingerprint density at radius 2 is 1.56 bits per heavy atom. The zero-order valence-electron chi connectivity index (χ0n) is 16.3. The van der Waals surface area contributed by atoms with Gasteiger partial charge < -0.3 is 26.2 Å². The van der Waals surface area contributed by atoms with E-state index >= 15 is 0 Å². The Morgan fingerprint density at radius 3 is 2.00 bits per heavy atom. The van der Waals surface area contributed by atoms with Crippen LogP contribution in [0.25, 0.3) is 0 Å². The largest absolute Gasteiger partial charge is 0.480 e. The second-order valence-electron chi connectivity index (χ2n) is 6.69. The van der Waals surface area contributed by atoms with E-state index in [4.69, 9.17) is 5.11 Å². The molecule has 3 amide bonds. The van der Waals surface area contributed by atoms with Gasteiger partial charge in [0.2, 0.25) is 11.8 Å². The van der Waals surface area contributed by atoms with Crippen molar-refractivity contribution in [3.63, 3.8) is 0 Å². The fraction of sp³-hybridized carbons (Fsp3) is 0.667. The van der Waals surface area contributed by atoms with Crippen molar-refractivity contribution in [1.29, 1.82) is 0 Å². The summed E-state index contributed by atoms with van der Waals surface area (Å²) in [4.78, 5) is 46.9. The smallest absolute Gasteiger partial charge is 0.405 e. The van der Waals surface area contributed by atoms with Gasteiger partial charge in [0, 0.05) is 13.0 Å². The monoisotopic (exact) mass is 385 g/mol. The number of carbonyl (C=O) groups excluding carboxylic acids is 2. The summed E-state index contributed by atoms with van der Waals surface area (Å²) in [6.07, 6.45) is 3.57. The highest BCUT2D eigenvalue weighted by Crippen LogP contribution is 2.14. The lowest BCUT2D eigenvalue weighted by Crippen LogP contribution is -2.52. The lowest BCUT2D eigenvalue weighted by atomic mass is 9.94. The van der Waals surface area contributed by atoms with E-state index < -0.39 is 36.0 Å². The van der Waals surface area contributed by atoms with Crippen LogP contribution in [0.3, 0.4) is 0 Å². The second kappa shape index (κ2) is 12.7. The first-order valence-electron chi connectivity index (χ1n) is 9.01. The molecule has 9 heteroatoms. The third-order valence-corrected chi connectivity index (χ3v) is 3.90. The number of hydrogen-bond donors (Lipinski definition) is 5. The molecule has 0 aliphatic rings. The first kappa shape index (κ1) is 24.4. The molecule has 154 valence electrons. The Hall–Kier alpha value is -2.58. The molecule has 0 radical (unpaired) electrons. The van der Waals surface area contributed by atoms with Gasteiger partial charge in [-0.25, -0.2) is 9.59 Å². The third kappa shape index (κ3) is 10.2. The number of carboxylic acid groups (broad SMARTS) is 2. The number of aliphatic carboxylic acids is 1. The van der Waals surface area contributed by atoms with E-state index in [1.165, 1.54) is 7.05 Å². The number of hydrogen-bond acceptors (Lipinski definition) is 4. The first-order chi connectivity index (χ1) is 12.6. The lowest BCUT2D eigenvalue weighted by molar-refractivity contribution is -0.143. The number of rotatable bonds is 12. The van der Waals surface area contributed by atoms with Crippen molar-refractivity contribution in [2.75, 3.05) is 7.05 Å². The predicted octanol–water partition coefficient (Wildman–Crippen LogP) is 1.35. The fourth-order valence-electron chi connectivity index (χ4n) is 2.57. The van der Waals surface area contributed by atoms with Crippen LogP contribution in [0.2, 0.25) is 0 Å². The SMILES string of the molecule is CC/C=C/CC(C[C@H](NC(=O)[C@H](CC(C)C)NC(=O)O)C(=O)O)C(=O)NC. The molecule has 0 saturated carbocycles. The van der Waals surface area contributed by atoms with Gasteiger partial charge in [0.05, 0.1) is 0 Å². The molecule has 5 N–H and O–H groups in total. The molecular formula is C18H31N3O6. The Bertz CT molecular complexity index is 547. The average Bonchev–Trinajstić information content (AvgIpc) is 2.57. The molecule has 0 aromatic rings. The van der Waals surface area contributed by atoms with Crippen molar-refractivity contribution >= 4 is 23.9 Å². The molecule has 0 aliphatic carbocycles. The van der Waals surface area contributed by atoms with Gasteiger partial charge in [0.25, 0.3) is 0 Å². The minimum Gasteiger partial charge on any atom is -0.480 e. The van der Waals surface area contributed by atoms with Crippen LogP contribution >= 0.6 is 0 Å². The molecule has 0 saturated heterocycles. The Labute approximate surface area is 159 Å². The molecule has 0 aromatic heterocycles. The third-order valence-electron chi connectivity index (χ3n) is 3.90. The van der Waals surface area contributed by atoms with Gasteiger partial charge in [-0.15, -0.1) is 0 Å². The quantitative estimate of drug-likeness (QED) is 0.321. The van der Waals surface area contributed by atoms with Crippen LogP contribution in [0.1, 0.15) is 46.5 Å². The van der Waals surface area contributed by atoms with Crippen LogP contribution in [0, 0.1) is 11.8 Å². The summed E-state index contributed by atoms with van der Waals surface area (Å²) in [6.45, 7) is 5.58. The predicted molar refractivity (Wildman–Crippen MR) is 100 cm³/mol. The van der Waals surface area contributed by atoms with Crippen molar-refractivity contribution < 1.29 is 29.4 Å². The Balaban J connectivity index is 5.23. The van der Waals surface area contributed by atoms with E-state index in [9.17, 15) is 24.3 Å². The number of nitrogens with one attached hydrogen (secondary N) is 3. The van der Waals surface area contributed by atoms with Crippen molar-refractivity contribution in [3.05, 3.63) is 12.2 Å². The summed E-state index contributed by atoms with van der Waals surface area (Å²) in [5, 5.41) is 25.3. The lowest BCUT2D eigenvalue weighted by Gasteiger charge is -2.23. The Morgan fingerprint density at radius 1 is 0.926 bits per heavy atom. The van der Waals surface area contributed by atoms with Crippen LogP contribution in [-0.2, 0) is 14.4 Å². The molecule has 0 aromatic carbocycles. The van der Waals surface area contributed by atoms with E-state index in [0.29, 0.717) is 6.42 Å². The minimum absolute atomic E-state index is 0.0219. The summed E-state index contributed by atoms with van der Waals surface area (Å²) in [7, 11) is 1.46. The molecule has 0 spiro atoms. The highest BCUT2D eigenvalue weighted by molar-refractivity contribution is 5.89. The van der Waals surface area contributed by atoms with Crippen molar-refractivity contribution in [3.8, 4) is 0 Å². The maximum absolute atomic E-state index is 12.4. The number of amides is 3. The zero-order chi connectivity index (χ0) is 21.0. The fourth-order valence-corrected chi connectivity index (χ4v) is 2.57. The minimum atomic E-state index is -1.37. The van der Waals surface area contributed by atoms with Gasteiger partial charge in [-0.05, 0) is 31.6 Å². The van der Waals surface area contributed by atoms with Crippen molar-refractivity contribution in [2.45, 2.75) is 58.5 Å². The van der Waals surface area contributed by atoms with E-state index in [-0.39, 0.29) is 24.7 Å². The van der Waals surface area contributed by atoms with Crippen LogP contribution in [0.15, 0.2) is 12.2 Å². The van der Waals surface area contributed by atoms with Crippen LogP contribution in [0.4, 0.5) is 4.79 Å². The molecule has 3 atom stereocenters. The van der Waals surface area contributed by atoms with E-state index in [0.717, 1.165) is 6.42 Å². The van der Waals surface area contributed by atoms with Crippen molar-refractivity contribution in [1.82, 2.24) is 16.0 Å². The molecule has 0 aliphatic heterocycles. The van der Waals surface area contributed by atoms with E-state index in [2.05, 4.69) is 16.0 Å². The maximum Gasteiger partial charge on any atom is 0.405 e. The summed E-state index contributed by atoms with van der Waals surface area (Å²) in [6, 6.07) is -2.37. The normalized spacial score (nSPS) is 14.4. The topological polar surface area (TPSA) is 145 Å². The van der Waals surface area contributed by atoms with Crippen LogP contribution in [0.5, 0.6) is 0 Å². The molecule has 1 unspecified atom stereocenters. The van der Waals surface area contributed by atoms with Gasteiger partial charge in [0.1, 0.15) is 12.1 Å². The molecule has 0 rings (SSSR count). The second-order valence-corrected chi connectivity index (χ2v) is 6.69. The molecule has 0 fully saturated rings. The Kier molecular flexibility index (Phi) is 11.5.